The SMILES string of the molecule is Cc1ccc(S(N)(=O)=O)c2cc[nH]c12. The van der Waals surface area contributed by atoms with Gasteiger partial charge in [0.1, 0.15) is 0 Å². The Labute approximate surface area is 81.8 Å². The first-order valence-corrected chi connectivity index (χ1v) is 5.64. The molecule has 0 fully saturated rings. The maximum absolute atomic E-state index is 11.2. The summed E-state index contributed by atoms with van der Waals surface area (Å²) < 4.78 is 22.4. The number of fused-ring (bicyclic) bond motifs is 1. The van der Waals surface area contributed by atoms with Crippen LogP contribution in [-0.2, 0) is 10.0 Å². The molecule has 2 rings (SSSR count). The first-order valence-electron chi connectivity index (χ1n) is 4.09. The molecule has 3 N–H and O–H groups in total. The first-order chi connectivity index (χ1) is 6.50. The molecule has 1 aromatic carbocycles. The van der Waals surface area contributed by atoms with E-state index in [4.69, 9.17) is 5.14 Å². The molecule has 0 amide bonds. The Morgan fingerprint density at radius 1 is 1.29 bits per heavy atom. The molecule has 0 aliphatic heterocycles. The number of benzene rings is 1. The van der Waals surface area contributed by atoms with Crippen LogP contribution in [0.3, 0.4) is 0 Å². The van der Waals surface area contributed by atoms with Crippen molar-refractivity contribution in [3.63, 3.8) is 0 Å². The number of nitrogens with two attached hydrogens (primary N) is 1. The van der Waals surface area contributed by atoms with Gasteiger partial charge in [-0.25, -0.2) is 13.6 Å². The third-order valence-electron chi connectivity index (χ3n) is 2.20. The monoisotopic (exact) mass is 210 g/mol. The molecule has 1 aromatic heterocycles. The molecule has 0 bridgehead atoms. The quantitative estimate of drug-likeness (QED) is 0.740. The average Bonchev–Trinajstić information content (AvgIpc) is 2.50. The molecule has 0 saturated heterocycles. The summed E-state index contributed by atoms with van der Waals surface area (Å²) in [5, 5.41) is 5.74. The van der Waals surface area contributed by atoms with Gasteiger partial charge in [0.05, 0.1) is 4.90 Å². The van der Waals surface area contributed by atoms with Crippen molar-refractivity contribution < 1.29 is 8.42 Å². The molecule has 0 aliphatic rings. The summed E-state index contributed by atoms with van der Waals surface area (Å²) in [5.41, 5.74) is 1.81. The number of aromatic amines is 1. The number of hydrogen-bond acceptors (Lipinski definition) is 2. The van der Waals surface area contributed by atoms with Crippen LogP contribution < -0.4 is 5.14 Å². The summed E-state index contributed by atoms with van der Waals surface area (Å²) in [6.45, 7) is 1.91. The van der Waals surface area contributed by atoms with E-state index in [1.54, 1.807) is 18.3 Å². The van der Waals surface area contributed by atoms with Gasteiger partial charge in [0.25, 0.3) is 0 Å². The molecule has 0 atom stereocenters. The lowest BCUT2D eigenvalue weighted by Crippen LogP contribution is -2.12. The Morgan fingerprint density at radius 2 is 2.00 bits per heavy atom. The van der Waals surface area contributed by atoms with Gasteiger partial charge in [0.15, 0.2) is 0 Å². The highest BCUT2D eigenvalue weighted by Gasteiger charge is 2.13. The van der Waals surface area contributed by atoms with Crippen LogP contribution in [0.15, 0.2) is 29.3 Å². The van der Waals surface area contributed by atoms with Crippen molar-refractivity contribution in [1.82, 2.24) is 4.98 Å². The lowest BCUT2D eigenvalue weighted by atomic mass is 10.2. The summed E-state index contributed by atoms with van der Waals surface area (Å²) in [7, 11) is -3.64. The molecule has 4 nitrogen and oxygen atoms in total. The van der Waals surface area contributed by atoms with Crippen LogP contribution in [0.5, 0.6) is 0 Å². The van der Waals surface area contributed by atoms with Crippen LogP contribution in [0.25, 0.3) is 10.9 Å². The van der Waals surface area contributed by atoms with Crippen molar-refractivity contribution in [2.24, 2.45) is 5.14 Å². The van der Waals surface area contributed by atoms with E-state index < -0.39 is 10.0 Å². The van der Waals surface area contributed by atoms with E-state index in [1.165, 1.54) is 6.07 Å². The standard InChI is InChI=1S/C9H10N2O2S/c1-6-2-3-8(14(10,12)13)7-4-5-11-9(6)7/h2-5,11H,1H3,(H2,10,12,13). The van der Waals surface area contributed by atoms with Gasteiger partial charge in [0, 0.05) is 17.1 Å². The highest BCUT2D eigenvalue weighted by atomic mass is 32.2. The molecule has 14 heavy (non-hydrogen) atoms. The Kier molecular flexibility index (Phi) is 1.87. The third-order valence-corrected chi connectivity index (χ3v) is 3.17. The van der Waals surface area contributed by atoms with Crippen molar-refractivity contribution in [1.29, 1.82) is 0 Å². The van der Waals surface area contributed by atoms with E-state index in [0.29, 0.717) is 5.39 Å². The predicted molar refractivity (Wildman–Crippen MR) is 54.4 cm³/mol. The number of hydrogen-bond donors (Lipinski definition) is 2. The number of aromatic nitrogens is 1. The first kappa shape index (κ1) is 9.23. The van der Waals surface area contributed by atoms with E-state index in [0.717, 1.165) is 11.1 Å². The zero-order chi connectivity index (χ0) is 10.3. The van der Waals surface area contributed by atoms with Crippen LogP contribution in [0.2, 0.25) is 0 Å². The van der Waals surface area contributed by atoms with Crippen molar-refractivity contribution in [3.05, 3.63) is 30.0 Å². The summed E-state index contributed by atoms with van der Waals surface area (Å²) >= 11 is 0. The Morgan fingerprint density at radius 3 is 2.64 bits per heavy atom. The van der Waals surface area contributed by atoms with Crippen molar-refractivity contribution in [2.75, 3.05) is 0 Å². The van der Waals surface area contributed by atoms with Gasteiger partial charge in [-0.2, -0.15) is 0 Å². The molecule has 0 unspecified atom stereocenters. The number of primary sulfonamides is 1. The highest BCUT2D eigenvalue weighted by molar-refractivity contribution is 7.89. The molecule has 74 valence electrons. The number of nitrogens with one attached hydrogen (secondary N) is 1. The van der Waals surface area contributed by atoms with Crippen LogP contribution in [0, 0.1) is 6.92 Å². The van der Waals surface area contributed by atoms with Gasteiger partial charge in [0.2, 0.25) is 10.0 Å². The summed E-state index contributed by atoms with van der Waals surface area (Å²) in [6, 6.07) is 4.97. The lowest BCUT2D eigenvalue weighted by molar-refractivity contribution is 0.598. The van der Waals surface area contributed by atoms with Crippen LogP contribution >= 0.6 is 0 Å². The van der Waals surface area contributed by atoms with Crippen molar-refractivity contribution in [2.45, 2.75) is 11.8 Å². The molecule has 0 spiro atoms. The second kappa shape index (κ2) is 2.83. The Balaban J connectivity index is 2.93. The minimum Gasteiger partial charge on any atom is -0.361 e. The van der Waals surface area contributed by atoms with Gasteiger partial charge < -0.3 is 4.98 Å². The third kappa shape index (κ3) is 1.30. The predicted octanol–water partition coefficient (Wildman–Crippen LogP) is 1.12. The summed E-state index contributed by atoms with van der Waals surface area (Å²) in [6.07, 6.45) is 1.70. The van der Waals surface area contributed by atoms with E-state index in [1.807, 2.05) is 6.92 Å². The van der Waals surface area contributed by atoms with Crippen LogP contribution in [0.4, 0.5) is 0 Å². The summed E-state index contributed by atoms with van der Waals surface area (Å²) in [5.74, 6) is 0. The molecular weight excluding hydrogens is 200 g/mol. The number of sulfonamides is 1. The topological polar surface area (TPSA) is 76.0 Å². The molecule has 2 aromatic rings. The van der Waals surface area contributed by atoms with Crippen molar-refractivity contribution >= 4 is 20.9 Å². The minimum atomic E-state index is -3.64. The maximum Gasteiger partial charge on any atom is 0.238 e. The van der Waals surface area contributed by atoms with Crippen LogP contribution in [0.1, 0.15) is 5.56 Å². The normalized spacial score (nSPS) is 12.1. The van der Waals surface area contributed by atoms with E-state index in [2.05, 4.69) is 4.98 Å². The van der Waals surface area contributed by atoms with Crippen LogP contribution in [-0.4, -0.2) is 13.4 Å². The second-order valence-corrected chi connectivity index (χ2v) is 4.72. The highest BCUT2D eigenvalue weighted by Crippen LogP contribution is 2.23. The largest absolute Gasteiger partial charge is 0.361 e. The van der Waals surface area contributed by atoms with Crippen molar-refractivity contribution in [3.8, 4) is 0 Å². The fourth-order valence-corrected chi connectivity index (χ4v) is 2.26. The molecule has 0 radical (unpaired) electrons. The molecular formula is C9H10N2O2S. The Bertz CT molecular complexity index is 584. The number of H-pyrrole nitrogens is 1. The smallest absolute Gasteiger partial charge is 0.238 e. The summed E-state index contributed by atoms with van der Waals surface area (Å²) in [4.78, 5) is 3.15. The van der Waals surface area contributed by atoms with Gasteiger partial charge in [-0.1, -0.05) is 6.07 Å². The molecule has 0 saturated carbocycles. The second-order valence-electron chi connectivity index (χ2n) is 3.19. The fraction of sp³-hybridized carbons (Fsp3) is 0.111. The average molecular weight is 210 g/mol. The zero-order valence-electron chi connectivity index (χ0n) is 7.61. The molecule has 1 heterocycles. The van der Waals surface area contributed by atoms with Gasteiger partial charge in [-0.15, -0.1) is 0 Å². The van der Waals surface area contributed by atoms with E-state index in [-0.39, 0.29) is 4.90 Å². The van der Waals surface area contributed by atoms with E-state index >= 15 is 0 Å². The lowest BCUT2D eigenvalue weighted by Gasteiger charge is -2.02. The van der Waals surface area contributed by atoms with Gasteiger partial charge in [-0.05, 0) is 24.6 Å². The Hall–Kier alpha value is -1.33. The van der Waals surface area contributed by atoms with Gasteiger partial charge >= 0.3 is 0 Å². The number of aryl methyl sites for hydroxylation is 1. The van der Waals surface area contributed by atoms with E-state index in [9.17, 15) is 8.42 Å². The number of rotatable bonds is 1. The minimum absolute atomic E-state index is 0.166. The molecule has 0 aliphatic carbocycles. The van der Waals surface area contributed by atoms with Gasteiger partial charge in [-0.3, -0.25) is 0 Å². The fourth-order valence-electron chi connectivity index (χ4n) is 1.52. The molecule has 5 heteroatoms. The zero-order valence-corrected chi connectivity index (χ0v) is 8.43. The maximum atomic E-state index is 11.2.